The summed E-state index contributed by atoms with van der Waals surface area (Å²) in [6.45, 7) is 4.74. The fraction of sp³-hybridized carbons (Fsp3) is 0.615. The van der Waals surface area contributed by atoms with Crippen molar-refractivity contribution >= 4 is 11.7 Å². The van der Waals surface area contributed by atoms with Gasteiger partial charge in [0.05, 0.1) is 7.11 Å². The molecule has 0 radical (unpaired) electrons. The summed E-state index contributed by atoms with van der Waals surface area (Å²) < 4.78 is 5.26. The molecule has 1 heterocycles. The molecule has 2 unspecified atom stereocenters. The Morgan fingerprint density at radius 1 is 1.03 bits per heavy atom. The normalized spacial score (nSPS) is 42.0. The van der Waals surface area contributed by atoms with Crippen LogP contribution in [0.15, 0.2) is 36.4 Å². The molecule has 0 bridgehead atoms. The Labute approximate surface area is 179 Å². The molecule has 160 valence electrons. The topological polar surface area (TPSA) is 55.4 Å². The number of carbonyl (C=O) groups excluding carboxylic acids is 2. The van der Waals surface area contributed by atoms with Crippen molar-refractivity contribution in [2.75, 3.05) is 7.11 Å². The first kappa shape index (κ1) is 19.8. The van der Waals surface area contributed by atoms with Gasteiger partial charge in [-0.1, -0.05) is 19.9 Å². The molecule has 4 aliphatic rings. The van der Waals surface area contributed by atoms with Crippen LogP contribution >= 0.6 is 0 Å². The number of methoxy groups -OCH3 is 1. The van der Waals surface area contributed by atoms with Gasteiger partial charge in [0, 0.05) is 22.9 Å². The third kappa shape index (κ3) is 2.79. The van der Waals surface area contributed by atoms with E-state index in [0.717, 1.165) is 43.4 Å². The van der Waals surface area contributed by atoms with Crippen molar-refractivity contribution in [1.29, 1.82) is 0 Å². The van der Waals surface area contributed by atoms with Crippen molar-refractivity contribution in [3.05, 3.63) is 42.0 Å². The number of hydrogen-bond acceptors (Lipinski definition) is 3. The highest BCUT2D eigenvalue weighted by molar-refractivity contribution is 5.98. The summed E-state index contributed by atoms with van der Waals surface area (Å²) in [6, 6.07) is 7.89. The highest BCUT2D eigenvalue weighted by Crippen LogP contribution is 2.65. The number of hydrogen-bond donors (Lipinski definition) is 1. The van der Waals surface area contributed by atoms with Gasteiger partial charge >= 0.3 is 0 Å². The van der Waals surface area contributed by atoms with Crippen LogP contribution in [0.25, 0.3) is 0 Å². The number of rotatable bonds is 3. The zero-order valence-electron chi connectivity index (χ0n) is 18.3. The monoisotopic (exact) mass is 407 g/mol. The molecule has 1 aromatic rings. The Morgan fingerprint density at radius 3 is 2.53 bits per heavy atom. The van der Waals surface area contributed by atoms with Gasteiger partial charge < -0.3 is 10.1 Å². The van der Waals surface area contributed by atoms with E-state index in [1.807, 2.05) is 24.3 Å². The molecule has 30 heavy (non-hydrogen) atoms. The molecule has 4 nitrogen and oxygen atoms in total. The average Bonchev–Trinajstić information content (AvgIpc) is 3.11. The predicted molar refractivity (Wildman–Crippen MR) is 116 cm³/mol. The quantitative estimate of drug-likeness (QED) is 0.733. The van der Waals surface area contributed by atoms with E-state index in [1.54, 1.807) is 13.2 Å². The van der Waals surface area contributed by atoms with Crippen molar-refractivity contribution < 1.29 is 14.3 Å². The fourth-order valence-electron chi connectivity index (χ4n) is 7.72. The summed E-state index contributed by atoms with van der Waals surface area (Å²) in [5, 5.41) is 3.23. The van der Waals surface area contributed by atoms with E-state index in [-0.39, 0.29) is 28.7 Å². The Balaban J connectivity index is 1.40. The van der Waals surface area contributed by atoms with E-state index in [0.29, 0.717) is 23.5 Å². The molecular weight excluding hydrogens is 374 g/mol. The van der Waals surface area contributed by atoms with Crippen molar-refractivity contribution in [2.45, 2.75) is 58.4 Å². The van der Waals surface area contributed by atoms with Crippen molar-refractivity contribution in [1.82, 2.24) is 5.32 Å². The van der Waals surface area contributed by atoms with Gasteiger partial charge in [-0.25, -0.2) is 0 Å². The molecule has 1 aromatic carbocycles. The predicted octanol–water partition coefficient (Wildman–Crippen LogP) is 4.79. The van der Waals surface area contributed by atoms with Crippen LogP contribution in [0, 0.1) is 34.5 Å². The summed E-state index contributed by atoms with van der Waals surface area (Å²) in [6.07, 6.45) is 10.6. The van der Waals surface area contributed by atoms with Crippen LogP contribution in [-0.4, -0.2) is 24.8 Å². The second-order valence-electron chi connectivity index (χ2n) is 10.5. The molecule has 0 spiro atoms. The summed E-state index contributed by atoms with van der Waals surface area (Å²) in [5.41, 5.74) is 0.956. The van der Waals surface area contributed by atoms with Gasteiger partial charge in [0.2, 0.25) is 5.91 Å². The number of ketones is 1. The second-order valence-corrected chi connectivity index (χ2v) is 10.5. The second kappa shape index (κ2) is 6.96. The first-order valence-corrected chi connectivity index (χ1v) is 11.5. The van der Waals surface area contributed by atoms with E-state index in [2.05, 4.69) is 25.2 Å². The molecule has 3 fully saturated rings. The molecule has 3 saturated carbocycles. The zero-order chi connectivity index (χ0) is 21.1. The largest absolute Gasteiger partial charge is 0.497 e. The lowest BCUT2D eigenvalue weighted by Gasteiger charge is -2.58. The van der Waals surface area contributed by atoms with E-state index >= 15 is 0 Å². The molecule has 1 N–H and O–H groups in total. The van der Waals surface area contributed by atoms with E-state index in [4.69, 9.17) is 4.74 Å². The van der Waals surface area contributed by atoms with Gasteiger partial charge in [-0.05, 0) is 92.0 Å². The number of fused-ring (bicyclic) bond motifs is 5. The van der Waals surface area contributed by atoms with Crippen LogP contribution in [0.2, 0.25) is 0 Å². The lowest BCUT2D eigenvalue weighted by Crippen LogP contribution is -2.59. The van der Waals surface area contributed by atoms with Gasteiger partial charge in [-0.3, -0.25) is 9.59 Å². The molecule has 1 amide bonds. The highest BCUT2D eigenvalue weighted by atomic mass is 16.5. The Bertz CT molecular complexity index is 890. The minimum Gasteiger partial charge on any atom is -0.497 e. The summed E-state index contributed by atoms with van der Waals surface area (Å²) in [5.74, 6) is 3.13. The van der Waals surface area contributed by atoms with Crippen LogP contribution in [0.1, 0.15) is 62.7 Å². The van der Waals surface area contributed by atoms with Crippen molar-refractivity contribution in [3.8, 4) is 5.75 Å². The third-order valence-electron chi connectivity index (χ3n) is 9.38. The lowest BCUT2D eigenvalue weighted by atomic mass is 9.47. The van der Waals surface area contributed by atoms with Crippen molar-refractivity contribution in [3.63, 3.8) is 0 Å². The van der Waals surface area contributed by atoms with Crippen LogP contribution in [0.4, 0.5) is 0 Å². The van der Waals surface area contributed by atoms with Crippen LogP contribution < -0.4 is 10.1 Å². The number of ether oxygens (including phenoxy) is 1. The van der Waals surface area contributed by atoms with E-state index in [1.165, 1.54) is 6.42 Å². The number of carbonyl (C=O) groups is 2. The SMILES string of the molecule is COc1ccc(C(=O)C2CC[C@H]3[C@@H]4CCC5NC(=O)C=C[C@]5(C)[C@@H]4CC[C@]23C)cc1. The van der Waals surface area contributed by atoms with Crippen molar-refractivity contribution in [2.24, 2.45) is 34.5 Å². The maximum absolute atomic E-state index is 13.5. The average molecular weight is 408 g/mol. The van der Waals surface area contributed by atoms with Gasteiger partial charge in [-0.2, -0.15) is 0 Å². The first-order valence-electron chi connectivity index (χ1n) is 11.5. The van der Waals surface area contributed by atoms with Gasteiger partial charge in [-0.15, -0.1) is 0 Å². The van der Waals surface area contributed by atoms with Crippen LogP contribution in [0.5, 0.6) is 5.75 Å². The fourth-order valence-corrected chi connectivity index (χ4v) is 7.72. The maximum atomic E-state index is 13.5. The Morgan fingerprint density at radius 2 is 1.80 bits per heavy atom. The molecule has 5 rings (SSSR count). The van der Waals surface area contributed by atoms with Crippen LogP contribution in [0.3, 0.4) is 0 Å². The molecule has 1 aliphatic heterocycles. The molecule has 4 heteroatoms. The zero-order valence-corrected chi connectivity index (χ0v) is 18.3. The molecule has 0 saturated heterocycles. The minimum absolute atomic E-state index is 0.0518. The van der Waals surface area contributed by atoms with Gasteiger partial charge in [0.15, 0.2) is 5.78 Å². The number of benzene rings is 1. The minimum atomic E-state index is 0.0518. The molecule has 3 aliphatic carbocycles. The smallest absolute Gasteiger partial charge is 0.243 e. The summed E-state index contributed by atoms with van der Waals surface area (Å²) in [7, 11) is 1.65. The lowest BCUT2D eigenvalue weighted by molar-refractivity contribution is -0.122. The van der Waals surface area contributed by atoms with Gasteiger partial charge in [0.25, 0.3) is 0 Å². The number of amides is 1. The number of nitrogens with one attached hydrogen (secondary N) is 1. The summed E-state index contributed by atoms with van der Waals surface area (Å²) >= 11 is 0. The van der Waals surface area contributed by atoms with E-state index in [9.17, 15) is 9.59 Å². The summed E-state index contributed by atoms with van der Waals surface area (Å²) in [4.78, 5) is 25.4. The Hall–Kier alpha value is -2.10. The number of Topliss-reactive ketones (excluding diaryl/α,β-unsaturated/α-hetero) is 1. The molecular formula is C26H33NO3. The van der Waals surface area contributed by atoms with Crippen LogP contribution in [-0.2, 0) is 4.79 Å². The Kier molecular flexibility index (Phi) is 4.61. The first-order chi connectivity index (χ1) is 14.4. The molecule has 7 atom stereocenters. The molecule has 0 aromatic heterocycles. The van der Waals surface area contributed by atoms with E-state index < -0.39 is 0 Å². The maximum Gasteiger partial charge on any atom is 0.243 e. The third-order valence-corrected chi connectivity index (χ3v) is 9.38. The highest BCUT2D eigenvalue weighted by Gasteiger charge is 2.60. The standard InChI is InChI=1S/C26H33NO3/c1-25-14-12-20-18(8-11-22-26(20,2)15-13-23(28)27-22)19(25)9-10-21(25)24(29)16-4-6-17(30-3)7-5-16/h4-7,13,15,18-22H,8-12,14H2,1-3H3,(H,27,28)/t18-,19-,20+,21?,22?,25-,26+/m0/s1. The van der Waals surface area contributed by atoms with Gasteiger partial charge in [0.1, 0.15) is 5.75 Å².